The van der Waals surface area contributed by atoms with Gasteiger partial charge in [0.05, 0.1) is 13.7 Å². The predicted octanol–water partition coefficient (Wildman–Crippen LogP) is 3.87. The first kappa shape index (κ1) is 20.0. The van der Waals surface area contributed by atoms with Crippen molar-refractivity contribution in [2.75, 3.05) is 26.8 Å². The first-order chi connectivity index (χ1) is 13.6. The Labute approximate surface area is 166 Å². The zero-order chi connectivity index (χ0) is 19.8. The average Bonchev–Trinajstić information content (AvgIpc) is 2.73. The number of phenolic OH excluding ortho intramolecular Hbond substituents is 1. The van der Waals surface area contributed by atoms with Crippen molar-refractivity contribution >= 4 is 12.0 Å². The van der Waals surface area contributed by atoms with Gasteiger partial charge in [-0.3, -0.25) is 4.90 Å². The van der Waals surface area contributed by atoms with Crippen LogP contribution in [-0.4, -0.2) is 42.8 Å². The zero-order valence-electron chi connectivity index (χ0n) is 16.2. The lowest BCUT2D eigenvalue weighted by atomic mass is 9.97. The molecule has 0 amide bonds. The lowest BCUT2D eigenvalue weighted by molar-refractivity contribution is -0.139. The third-order valence-electron chi connectivity index (χ3n) is 5.03. The minimum Gasteiger partial charge on any atom is -0.504 e. The lowest BCUT2D eigenvalue weighted by Crippen LogP contribution is -2.34. The first-order valence-corrected chi connectivity index (χ1v) is 9.62. The van der Waals surface area contributed by atoms with Gasteiger partial charge in [-0.1, -0.05) is 36.4 Å². The largest absolute Gasteiger partial charge is 0.504 e. The summed E-state index contributed by atoms with van der Waals surface area (Å²) < 4.78 is 10.5. The number of aromatic hydroxyl groups is 1. The van der Waals surface area contributed by atoms with Crippen LogP contribution in [0.2, 0.25) is 0 Å². The molecular weight excluding hydrogens is 354 g/mol. The minimum absolute atomic E-state index is 0.0702. The number of rotatable bonds is 7. The van der Waals surface area contributed by atoms with Gasteiger partial charge in [0.1, 0.15) is 0 Å². The molecule has 148 valence electrons. The number of esters is 1. The van der Waals surface area contributed by atoms with Crippen LogP contribution in [0.15, 0.2) is 54.6 Å². The van der Waals surface area contributed by atoms with E-state index >= 15 is 0 Å². The van der Waals surface area contributed by atoms with Crippen molar-refractivity contribution in [2.45, 2.75) is 19.4 Å². The Hall–Kier alpha value is -2.79. The van der Waals surface area contributed by atoms with Gasteiger partial charge in [0.2, 0.25) is 0 Å². The van der Waals surface area contributed by atoms with Crippen molar-refractivity contribution in [3.05, 3.63) is 65.7 Å². The molecule has 3 rings (SSSR count). The summed E-state index contributed by atoms with van der Waals surface area (Å²) in [6.45, 7) is 3.49. The summed E-state index contributed by atoms with van der Waals surface area (Å²) in [5.41, 5.74) is 2.10. The number of ether oxygens (including phenoxy) is 2. The third kappa shape index (κ3) is 5.86. The Morgan fingerprint density at radius 2 is 1.93 bits per heavy atom. The number of methoxy groups -OCH3 is 1. The third-order valence-corrected chi connectivity index (χ3v) is 5.03. The molecule has 2 aromatic carbocycles. The number of carbonyl (C=O) groups excluding carboxylic acids is 1. The van der Waals surface area contributed by atoms with E-state index in [4.69, 9.17) is 9.47 Å². The summed E-state index contributed by atoms with van der Waals surface area (Å²) in [5.74, 6) is 0.510. The van der Waals surface area contributed by atoms with Gasteiger partial charge in [-0.05, 0) is 61.2 Å². The minimum atomic E-state index is -0.348. The summed E-state index contributed by atoms with van der Waals surface area (Å²) in [6, 6.07) is 15.4. The van der Waals surface area contributed by atoms with Gasteiger partial charge in [-0.25, -0.2) is 4.79 Å². The van der Waals surface area contributed by atoms with E-state index in [0.29, 0.717) is 18.3 Å². The molecule has 0 spiro atoms. The number of nitrogens with zero attached hydrogens (tertiary/aromatic N) is 1. The molecule has 1 saturated heterocycles. The lowest BCUT2D eigenvalue weighted by Gasteiger charge is -2.31. The topological polar surface area (TPSA) is 59.0 Å². The maximum atomic E-state index is 12.0. The molecule has 1 fully saturated rings. The van der Waals surface area contributed by atoms with E-state index in [-0.39, 0.29) is 11.7 Å². The van der Waals surface area contributed by atoms with Crippen LogP contribution in [0.4, 0.5) is 0 Å². The number of hydrogen-bond acceptors (Lipinski definition) is 5. The Morgan fingerprint density at radius 3 is 2.64 bits per heavy atom. The molecule has 1 aliphatic rings. The molecule has 0 aliphatic carbocycles. The average molecular weight is 381 g/mol. The summed E-state index contributed by atoms with van der Waals surface area (Å²) >= 11 is 0. The molecule has 1 heterocycles. The number of carbonyl (C=O) groups is 1. The summed E-state index contributed by atoms with van der Waals surface area (Å²) in [6.07, 6.45) is 5.15. The number of hydrogen-bond donors (Lipinski definition) is 1. The van der Waals surface area contributed by atoms with Gasteiger partial charge in [-0.2, -0.15) is 0 Å². The van der Waals surface area contributed by atoms with Crippen LogP contribution in [0, 0.1) is 5.92 Å². The molecule has 1 aliphatic heterocycles. The monoisotopic (exact) mass is 381 g/mol. The van der Waals surface area contributed by atoms with Gasteiger partial charge in [0, 0.05) is 12.6 Å². The van der Waals surface area contributed by atoms with Crippen LogP contribution in [0.1, 0.15) is 24.0 Å². The van der Waals surface area contributed by atoms with Crippen LogP contribution >= 0.6 is 0 Å². The van der Waals surface area contributed by atoms with E-state index in [0.717, 1.165) is 38.0 Å². The van der Waals surface area contributed by atoms with Gasteiger partial charge >= 0.3 is 5.97 Å². The summed E-state index contributed by atoms with van der Waals surface area (Å²) in [4.78, 5) is 14.4. The van der Waals surface area contributed by atoms with Crippen LogP contribution < -0.4 is 4.74 Å². The highest BCUT2D eigenvalue weighted by molar-refractivity contribution is 5.87. The fourth-order valence-corrected chi connectivity index (χ4v) is 3.36. The van der Waals surface area contributed by atoms with Gasteiger partial charge in [0.25, 0.3) is 0 Å². The fourth-order valence-electron chi connectivity index (χ4n) is 3.36. The second kappa shape index (κ2) is 9.95. The first-order valence-electron chi connectivity index (χ1n) is 9.62. The molecule has 0 atom stereocenters. The highest BCUT2D eigenvalue weighted by Gasteiger charge is 2.20. The number of benzene rings is 2. The van der Waals surface area contributed by atoms with Crippen LogP contribution in [0.25, 0.3) is 6.08 Å². The predicted molar refractivity (Wildman–Crippen MR) is 109 cm³/mol. The van der Waals surface area contributed by atoms with Gasteiger partial charge in [-0.15, -0.1) is 0 Å². The van der Waals surface area contributed by atoms with Crippen molar-refractivity contribution < 1.29 is 19.4 Å². The van der Waals surface area contributed by atoms with E-state index in [1.165, 1.54) is 24.8 Å². The normalized spacial score (nSPS) is 15.6. The number of phenols is 1. The quantitative estimate of drug-likeness (QED) is 0.583. The van der Waals surface area contributed by atoms with E-state index in [1.54, 1.807) is 18.2 Å². The maximum Gasteiger partial charge on any atom is 0.330 e. The molecule has 0 unspecified atom stereocenters. The second-order valence-electron chi connectivity index (χ2n) is 7.10. The van der Waals surface area contributed by atoms with Gasteiger partial charge in [0.15, 0.2) is 11.5 Å². The Morgan fingerprint density at radius 1 is 1.18 bits per heavy atom. The van der Waals surface area contributed by atoms with E-state index in [2.05, 4.69) is 29.2 Å². The Kier molecular flexibility index (Phi) is 7.09. The van der Waals surface area contributed by atoms with Crippen molar-refractivity contribution in [1.29, 1.82) is 0 Å². The van der Waals surface area contributed by atoms with Gasteiger partial charge < -0.3 is 14.6 Å². The molecule has 28 heavy (non-hydrogen) atoms. The van der Waals surface area contributed by atoms with E-state index < -0.39 is 0 Å². The molecule has 0 bridgehead atoms. The SMILES string of the molecule is COc1cc(/C=C/C(=O)OCC2CCN(Cc3ccccc3)CC2)ccc1O. The van der Waals surface area contributed by atoms with Crippen LogP contribution in [0.5, 0.6) is 11.5 Å². The molecular formula is C23H27NO4. The molecule has 0 radical (unpaired) electrons. The summed E-state index contributed by atoms with van der Waals surface area (Å²) in [7, 11) is 1.49. The fraction of sp³-hybridized carbons (Fsp3) is 0.348. The second-order valence-corrected chi connectivity index (χ2v) is 7.10. The van der Waals surface area contributed by atoms with Crippen molar-refractivity contribution in [1.82, 2.24) is 4.90 Å². The molecule has 1 N–H and O–H groups in total. The zero-order valence-corrected chi connectivity index (χ0v) is 16.2. The van der Waals surface area contributed by atoms with Crippen molar-refractivity contribution in [3.63, 3.8) is 0 Å². The van der Waals surface area contributed by atoms with Crippen LogP contribution in [0.3, 0.4) is 0 Å². The Balaban J connectivity index is 1.39. The number of piperidine rings is 1. The standard InChI is InChI=1S/C23H27NO4/c1-27-22-15-18(7-9-21(22)25)8-10-23(26)28-17-20-11-13-24(14-12-20)16-19-5-3-2-4-6-19/h2-10,15,20,25H,11-14,16-17H2,1H3/b10-8+. The molecule has 0 saturated carbocycles. The van der Waals surface area contributed by atoms with E-state index in [9.17, 15) is 9.90 Å². The van der Waals surface area contributed by atoms with Crippen molar-refractivity contribution in [2.24, 2.45) is 5.92 Å². The molecule has 0 aromatic heterocycles. The van der Waals surface area contributed by atoms with Crippen molar-refractivity contribution in [3.8, 4) is 11.5 Å². The molecule has 2 aromatic rings. The Bertz CT molecular complexity index is 796. The molecule has 5 heteroatoms. The molecule has 5 nitrogen and oxygen atoms in total. The highest BCUT2D eigenvalue weighted by Crippen LogP contribution is 2.26. The summed E-state index contributed by atoms with van der Waals surface area (Å²) in [5, 5.41) is 9.60. The number of likely N-dealkylation sites (tertiary alicyclic amines) is 1. The van der Waals surface area contributed by atoms with Crippen LogP contribution in [-0.2, 0) is 16.1 Å². The van der Waals surface area contributed by atoms with E-state index in [1.807, 2.05) is 6.07 Å². The maximum absolute atomic E-state index is 12.0. The smallest absolute Gasteiger partial charge is 0.330 e. The highest BCUT2D eigenvalue weighted by atomic mass is 16.5.